The van der Waals surface area contributed by atoms with Gasteiger partial charge in [0.1, 0.15) is 6.04 Å². The van der Waals surface area contributed by atoms with Gasteiger partial charge in [0, 0.05) is 33.9 Å². The van der Waals surface area contributed by atoms with E-state index in [0.29, 0.717) is 5.92 Å². The van der Waals surface area contributed by atoms with Gasteiger partial charge in [0.05, 0.1) is 0 Å². The SMILES string of the molecule is C[C@@H]1C[C@@H]1C(=O)N[C@H](Cc1c[nH]c2ccc(Br)cc12)C(=O)O. The van der Waals surface area contributed by atoms with E-state index in [1.807, 2.05) is 25.1 Å². The van der Waals surface area contributed by atoms with Gasteiger partial charge in [0.15, 0.2) is 0 Å². The van der Waals surface area contributed by atoms with Crippen LogP contribution in [0.25, 0.3) is 10.9 Å². The van der Waals surface area contributed by atoms with Crippen LogP contribution >= 0.6 is 15.9 Å². The van der Waals surface area contributed by atoms with Crippen LogP contribution in [0.5, 0.6) is 0 Å². The standard InChI is InChI=1S/C16H17BrN2O3/c1-8-4-11(8)15(20)19-14(16(21)22)5-9-7-18-13-3-2-10(17)6-12(9)13/h2-3,6-8,11,14,18H,4-5H2,1H3,(H,19,20)(H,21,22)/t8-,11+,14-/m1/s1. The van der Waals surface area contributed by atoms with Gasteiger partial charge >= 0.3 is 5.97 Å². The maximum atomic E-state index is 12.0. The maximum Gasteiger partial charge on any atom is 0.326 e. The van der Waals surface area contributed by atoms with Crippen molar-refractivity contribution in [2.45, 2.75) is 25.8 Å². The third-order valence-electron chi connectivity index (χ3n) is 4.21. The maximum absolute atomic E-state index is 12.0. The number of aromatic nitrogens is 1. The number of aromatic amines is 1. The molecule has 6 heteroatoms. The highest BCUT2D eigenvalue weighted by Crippen LogP contribution is 2.37. The van der Waals surface area contributed by atoms with E-state index in [0.717, 1.165) is 27.4 Å². The Hall–Kier alpha value is -1.82. The second kappa shape index (κ2) is 5.76. The molecule has 3 rings (SSSR count). The number of carboxylic acids is 1. The number of rotatable bonds is 5. The topological polar surface area (TPSA) is 82.2 Å². The highest BCUT2D eigenvalue weighted by Gasteiger charge is 2.40. The highest BCUT2D eigenvalue weighted by atomic mass is 79.9. The zero-order valence-electron chi connectivity index (χ0n) is 12.1. The summed E-state index contributed by atoms with van der Waals surface area (Å²) in [4.78, 5) is 26.6. The lowest BCUT2D eigenvalue weighted by molar-refractivity contribution is -0.142. The molecule has 1 aliphatic rings. The Morgan fingerprint density at radius 2 is 2.23 bits per heavy atom. The summed E-state index contributed by atoms with van der Waals surface area (Å²) in [6, 6.07) is 4.90. The largest absolute Gasteiger partial charge is 0.480 e. The minimum atomic E-state index is -1.01. The summed E-state index contributed by atoms with van der Waals surface area (Å²) in [5.74, 6) is -0.829. The van der Waals surface area contributed by atoms with Crippen LogP contribution in [0.4, 0.5) is 0 Å². The van der Waals surface area contributed by atoms with Crippen LogP contribution in [-0.2, 0) is 16.0 Å². The van der Waals surface area contributed by atoms with Crippen molar-refractivity contribution in [1.29, 1.82) is 0 Å². The first-order valence-corrected chi connectivity index (χ1v) is 8.03. The fourth-order valence-corrected chi connectivity index (χ4v) is 3.07. The van der Waals surface area contributed by atoms with E-state index in [4.69, 9.17) is 0 Å². The Balaban J connectivity index is 1.79. The molecule has 1 saturated carbocycles. The van der Waals surface area contributed by atoms with E-state index in [2.05, 4.69) is 26.2 Å². The molecule has 2 aromatic rings. The van der Waals surface area contributed by atoms with E-state index in [1.54, 1.807) is 6.20 Å². The number of benzene rings is 1. The molecule has 116 valence electrons. The highest BCUT2D eigenvalue weighted by molar-refractivity contribution is 9.10. The second-order valence-electron chi connectivity index (χ2n) is 5.93. The molecule has 0 unspecified atom stereocenters. The van der Waals surface area contributed by atoms with Crippen LogP contribution in [0.3, 0.4) is 0 Å². The molecule has 1 aromatic heterocycles. The van der Waals surface area contributed by atoms with Gasteiger partial charge in [0.25, 0.3) is 0 Å². The van der Waals surface area contributed by atoms with Crippen LogP contribution in [-0.4, -0.2) is 28.0 Å². The van der Waals surface area contributed by atoms with Gasteiger partial charge in [-0.2, -0.15) is 0 Å². The molecule has 1 fully saturated rings. The third kappa shape index (κ3) is 3.02. The van der Waals surface area contributed by atoms with Gasteiger partial charge in [-0.1, -0.05) is 22.9 Å². The summed E-state index contributed by atoms with van der Waals surface area (Å²) in [5.41, 5.74) is 1.83. The minimum absolute atomic E-state index is 0.0287. The molecule has 1 aliphatic carbocycles. The number of fused-ring (bicyclic) bond motifs is 1. The van der Waals surface area contributed by atoms with Crippen molar-refractivity contribution in [3.05, 3.63) is 34.4 Å². The molecule has 3 atom stereocenters. The first kappa shape index (κ1) is 15.1. The zero-order valence-corrected chi connectivity index (χ0v) is 13.7. The summed E-state index contributed by atoms with van der Waals surface area (Å²) >= 11 is 3.42. The van der Waals surface area contributed by atoms with Crippen molar-refractivity contribution >= 4 is 38.7 Å². The van der Waals surface area contributed by atoms with E-state index in [9.17, 15) is 14.7 Å². The van der Waals surface area contributed by atoms with Gasteiger partial charge < -0.3 is 15.4 Å². The van der Waals surface area contributed by atoms with Gasteiger partial charge in [-0.15, -0.1) is 0 Å². The van der Waals surface area contributed by atoms with Crippen molar-refractivity contribution in [3.8, 4) is 0 Å². The fourth-order valence-electron chi connectivity index (χ4n) is 2.71. The van der Waals surface area contributed by atoms with E-state index < -0.39 is 12.0 Å². The van der Waals surface area contributed by atoms with E-state index in [-0.39, 0.29) is 18.2 Å². The normalized spacial score (nSPS) is 21.5. The second-order valence-corrected chi connectivity index (χ2v) is 6.84. The molecular formula is C16H17BrN2O3. The monoisotopic (exact) mass is 364 g/mol. The van der Waals surface area contributed by atoms with Crippen LogP contribution in [0.1, 0.15) is 18.9 Å². The molecule has 3 N–H and O–H groups in total. The Labute approximate surface area is 136 Å². The summed E-state index contributed by atoms with van der Waals surface area (Å²) in [6.07, 6.45) is 2.91. The van der Waals surface area contributed by atoms with Crippen LogP contribution in [0, 0.1) is 11.8 Å². The number of hydrogen-bond donors (Lipinski definition) is 3. The first-order valence-electron chi connectivity index (χ1n) is 7.24. The Morgan fingerprint density at radius 1 is 1.50 bits per heavy atom. The summed E-state index contributed by atoms with van der Waals surface area (Å²) < 4.78 is 0.934. The smallest absolute Gasteiger partial charge is 0.326 e. The molecule has 1 amide bonds. The molecule has 1 aromatic carbocycles. The van der Waals surface area contributed by atoms with Gasteiger partial charge in [-0.3, -0.25) is 4.79 Å². The molecule has 22 heavy (non-hydrogen) atoms. The average Bonchev–Trinajstić information content (AvgIpc) is 3.07. The predicted molar refractivity (Wildman–Crippen MR) is 86.5 cm³/mol. The zero-order chi connectivity index (χ0) is 15.9. The number of H-pyrrole nitrogens is 1. The number of aliphatic carboxylic acids is 1. The molecule has 0 aliphatic heterocycles. The van der Waals surface area contributed by atoms with Crippen LogP contribution in [0.15, 0.2) is 28.9 Å². The summed E-state index contributed by atoms with van der Waals surface area (Å²) in [5, 5.41) is 13.0. The Morgan fingerprint density at radius 3 is 2.86 bits per heavy atom. The van der Waals surface area contributed by atoms with Crippen molar-refractivity contribution in [1.82, 2.24) is 10.3 Å². The lowest BCUT2D eigenvalue weighted by atomic mass is 10.0. The number of halogens is 1. The molecule has 0 saturated heterocycles. The number of amides is 1. The Bertz CT molecular complexity index is 740. The number of nitrogens with one attached hydrogen (secondary N) is 2. The van der Waals surface area contributed by atoms with Gasteiger partial charge in [-0.25, -0.2) is 4.79 Å². The molecule has 0 bridgehead atoms. The first-order chi connectivity index (χ1) is 10.5. The van der Waals surface area contributed by atoms with Gasteiger partial charge in [0.2, 0.25) is 5.91 Å². The summed E-state index contributed by atoms with van der Waals surface area (Å²) in [6.45, 7) is 2.00. The van der Waals surface area contributed by atoms with Crippen molar-refractivity contribution < 1.29 is 14.7 Å². The minimum Gasteiger partial charge on any atom is -0.480 e. The third-order valence-corrected chi connectivity index (χ3v) is 4.71. The summed E-state index contributed by atoms with van der Waals surface area (Å²) in [7, 11) is 0. The quantitative estimate of drug-likeness (QED) is 0.762. The van der Waals surface area contributed by atoms with E-state index >= 15 is 0 Å². The lowest BCUT2D eigenvalue weighted by Gasteiger charge is -2.14. The van der Waals surface area contributed by atoms with Crippen molar-refractivity contribution in [2.24, 2.45) is 11.8 Å². The molecular weight excluding hydrogens is 348 g/mol. The fraction of sp³-hybridized carbons (Fsp3) is 0.375. The van der Waals surface area contributed by atoms with Crippen LogP contribution < -0.4 is 5.32 Å². The predicted octanol–water partition coefficient (Wildman–Crippen LogP) is 2.70. The molecule has 0 radical (unpaired) electrons. The number of carboxylic acid groups (broad SMARTS) is 1. The lowest BCUT2D eigenvalue weighted by Crippen LogP contribution is -2.43. The number of carbonyl (C=O) groups is 2. The number of carbonyl (C=O) groups excluding carboxylic acids is 1. The number of hydrogen-bond acceptors (Lipinski definition) is 2. The van der Waals surface area contributed by atoms with Crippen molar-refractivity contribution in [2.75, 3.05) is 0 Å². The van der Waals surface area contributed by atoms with Crippen LogP contribution in [0.2, 0.25) is 0 Å². The molecule has 0 spiro atoms. The Kier molecular flexibility index (Phi) is 3.95. The van der Waals surface area contributed by atoms with Crippen molar-refractivity contribution in [3.63, 3.8) is 0 Å². The van der Waals surface area contributed by atoms with Gasteiger partial charge in [-0.05, 0) is 36.1 Å². The molecule has 1 heterocycles. The molecule has 5 nitrogen and oxygen atoms in total. The van der Waals surface area contributed by atoms with E-state index in [1.165, 1.54) is 0 Å². The average molecular weight is 365 g/mol.